The van der Waals surface area contributed by atoms with E-state index >= 15 is 0 Å². The van der Waals surface area contributed by atoms with Gasteiger partial charge in [0.25, 0.3) is 0 Å². The highest BCUT2D eigenvalue weighted by Gasteiger charge is 2.70. The first-order valence-electron chi connectivity index (χ1n) is 14.6. The molecule has 0 aromatic heterocycles. The van der Waals surface area contributed by atoms with Crippen molar-refractivity contribution in [2.45, 2.75) is 30.8 Å². The quantitative estimate of drug-likeness (QED) is 0.213. The zero-order chi connectivity index (χ0) is 30.6. The molecular formula is C36H28Cl2N2O4. The second-order valence-electron chi connectivity index (χ2n) is 11.3. The molecule has 44 heavy (non-hydrogen) atoms. The van der Waals surface area contributed by atoms with E-state index in [2.05, 4.69) is 5.32 Å². The van der Waals surface area contributed by atoms with E-state index in [1.54, 1.807) is 36.4 Å². The zero-order valence-corrected chi connectivity index (χ0v) is 25.3. The van der Waals surface area contributed by atoms with Crippen molar-refractivity contribution in [1.82, 2.24) is 4.90 Å². The Balaban J connectivity index is 1.48. The molecule has 1 N–H and O–H groups in total. The predicted octanol–water partition coefficient (Wildman–Crippen LogP) is 7.76. The molecule has 0 unspecified atom stereocenters. The van der Waals surface area contributed by atoms with Crippen molar-refractivity contribution < 1.29 is 19.1 Å². The maximum Gasteiger partial charge on any atom is 0.238 e. The molecule has 0 radical (unpaired) electrons. The summed E-state index contributed by atoms with van der Waals surface area (Å²) in [4.78, 5) is 46.1. The van der Waals surface area contributed by atoms with Crippen LogP contribution in [0.2, 0.25) is 10.0 Å². The van der Waals surface area contributed by atoms with Crippen molar-refractivity contribution in [1.29, 1.82) is 0 Å². The Hall–Kier alpha value is -4.39. The van der Waals surface area contributed by atoms with Gasteiger partial charge >= 0.3 is 0 Å². The highest BCUT2D eigenvalue weighted by Crippen LogP contribution is 2.62. The summed E-state index contributed by atoms with van der Waals surface area (Å²) >= 11 is 12.8. The molecule has 1 amide bonds. The summed E-state index contributed by atoms with van der Waals surface area (Å²) in [6.45, 7) is 2.57. The Kier molecular flexibility index (Phi) is 7.07. The van der Waals surface area contributed by atoms with Crippen LogP contribution in [-0.2, 0) is 10.2 Å². The van der Waals surface area contributed by atoms with E-state index in [4.69, 9.17) is 27.9 Å². The molecule has 3 heterocycles. The van der Waals surface area contributed by atoms with Crippen molar-refractivity contribution in [2.75, 3.05) is 11.9 Å². The lowest BCUT2D eigenvalue weighted by atomic mass is 9.62. The Morgan fingerprint density at radius 2 is 1.68 bits per heavy atom. The molecule has 7 rings (SSSR count). The van der Waals surface area contributed by atoms with E-state index < -0.39 is 23.4 Å². The zero-order valence-electron chi connectivity index (χ0n) is 23.8. The topological polar surface area (TPSA) is 75.7 Å². The fourth-order valence-electron chi connectivity index (χ4n) is 7.13. The molecule has 220 valence electrons. The highest BCUT2D eigenvalue weighted by atomic mass is 35.5. The summed E-state index contributed by atoms with van der Waals surface area (Å²) in [6.07, 6.45) is 4.61. The van der Waals surface area contributed by atoms with Gasteiger partial charge in [-0.25, -0.2) is 0 Å². The van der Waals surface area contributed by atoms with Gasteiger partial charge < -0.3 is 15.0 Å². The minimum atomic E-state index is -1.43. The van der Waals surface area contributed by atoms with Gasteiger partial charge in [-0.15, -0.1) is 0 Å². The average molecular weight is 624 g/mol. The van der Waals surface area contributed by atoms with Gasteiger partial charge in [-0.1, -0.05) is 72.6 Å². The van der Waals surface area contributed by atoms with Gasteiger partial charge in [-0.2, -0.15) is 0 Å². The van der Waals surface area contributed by atoms with E-state index in [1.165, 1.54) is 6.07 Å². The number of amides is 1. The Bertz CT molecular complexity index is 1850. The third-order valence-corrected chi connectivity index (χ3v) is 9.48. The van der Waals surface area contributed by atoms with Crippen LogP contribution in [0.5, 0.6) is 5.75 Å². The van der Waals surface area contributed by atoms with Gasteiger partial charge in [0.15, 0.2) is 11.6 Å². The molecule has 4 atom stereocenters. The molecule has 1 spiro atoms. The maximum absolute atomic E-state index is 15.0. The normalized spacial score (nSPS) is 22.8. The monoisotopic (exact) mass is 622 g/mol. The molecule has 0 saturated carbocycles. The molecule has 6 nitrogen and oxygen atoms in total. The van der Waals surface area contributed by atoms with Crippen molar-refractivity contribution in [2.24, 2.45) is 5.92 Å². The smallest absolute Gasteiger partial charge is 0.238 e. The molecule has 3 aliphatic heterocycles. The number of nitrogens with zero attached hydrogens (tertiary/aromatic N) is 1. The first-order chi connectivity index (χ1) is 21.4. The van der Waals surface area contributed by atoms with Crippen molar-refractivity contribution in [3.63, 3.8) is 0 Å². The predicted molar refractivity (Wildman–Crippen MR) is 171 cm³/mol. The number of nitrogens with one attached hydrogen (secondary N) is 1. The number of ketones is 2. The Morgan fingerprint density at radius 3 is 2.45 bits per heavy atom. The van der Waals surface area contributed by atoms with E-state index in [0.29, 0.717) is 34.2 Å². The number of ether oxygens (including phenoxy) is 1. The lowest BCUT2D eigenvalue weighted by molar-refractivity contribution is -0.122. The standard InChI is InChI=1S/C36H28Cl2N2O4/c1-2-19-44-24-14-11-22(12-15-24)32(41)30-31(33(42)26-16-13-23(37)20-28(26)38)40-18-17-21-7-3-4-8-25(21)34(40)36(30)27-9-5-6-10-29(27)39-35(36)43/h3-18,20,30-31,34H,2,19H2,1H3,(H,39,43)/t30-,31+,34+,36+/m0/s1. The summed E-state index contributed by atoms with van der Waals surface area (Å²) in [5.74, 6) is -1.46. The van der Waals surface area contributed by atoms with Crippen LogP contribution in [0.1, 0.15) is 56.8 Å². The Labute approximate surface area is 265 Å². The summed E-state index contributed by atoms with van der Waals surface area (Å²) in [6, 6.07) is 25.2. The SMILES string of the molecule is CCCOc1ccc(C(=O)[C@@H]2[C@H](C(=O)c3ccc(Cl)cc3Cl)N3C=Cc4ccccc4[C@@H]3[C@]23C(=O)Nc2ccccc23)cc1. The number of benzene rings is 4. The van der Waals surface area contributed by atoms with E-state index in [0.717, 1.165) is 17.5 Å². The van der Waals surface area contributed by atoms with Gasteiger partial charge in [0.1, 0.15) is 17.2 Å². The number of hydrogen-bond acceptors (Lipinski definition) is 5. The summed E-state index contributed by atoms with van der Waals surface area (Å²) in [5.41, 5.74) is 2.29. The Morgan fingerprint density at radius 1 is 0.932 bits per heavy atom. The molecule has 1 fully saturated rings. The van der Waals surface area contributed by atoms with E-state index in [9.17, 15) is 14.4 Å². The minimum absolute atomic E-state index is 0.182. The summed E-state index contributed by atoms with van der Waals surface area (Å²) in [5, 5.41) is 3.64. The molecule has 4 aromatic rings. The van der Waals surface area contributed by atoms with E-state index in [-0.39, 0.29) is 28.1 Å². The average Bonchev–Trinajstić information content (AvgIpc) is 3.51. The first-order valence-corrected chi connectivity index (χ1v) is 15.3. The van der Waals surface area contributed by atoms with Crippen molar-refractivity contribution in [3.8, 4) is 5.75 Å². The summed E-state index contributed by atoms with van der Waals surface area (Å²) < 4.78 is 5.76. The minimum Gasteiger partial charge on any atom is -0.494 e. The third-order valence-electron chi connectivity index (χ3n) is 8.93. The van der Waals surface area contributed by atoms with Gasteiger partial charge in [0, 0.05) is 28.0 Å². The maximum atomic E-state index is 15.0. The number of Topliss-reactive ketones (excluding diaryl/α,β-unsaturated/α-hetero) is 2. The van der Waals surface area contributed by atoms with Crippen LogP contribution in [0.4, 0.5) is 5.69 Å². The van der Waals surface area contributed by atoms with Gasteiger partial charge in [-0.05, 0) is 77.7 Å². The first kappa shape index (κ1) is 28.4. The number of rotatable bonds is 7. The fraction of sp³-hybridized carbons (Fsp3) is 0.194. The van der Waals surface area contributed by atoms with Gasteiger partial charge in [0.05, 0.1) is 23.6 Å². The molecular weight excluding hydrogens is 595 g/mol. The number of halogens is 2. The lowest BCUT2D eigenvalue weighted by Gasteiger charge is -2.38. The van der Waals surface area contributed by atoms with Gasteiger partial charge in [0.2, 0.25) is 5.91 Å². The van der Waals surface area contributed by atoms with Gasteiger partial charge in [-0.3, -0.25) is 14.4 Å². The third kappa shape index (κ3) is 4.20. The second-order valence-corrected chi connectivity index (χ2v) is 12.2. The fourth-order valence-corrected chi connectivity index (χ4v) is 7.63. The molecule has 4 aromatic carbocycles. The van der Waals surface area contributed by atoms with Crippen LogP contribution in [0.25, 0.3) is 6.08 Å². The molecule has 1 saturated heterocycles. The van der Waals surface area contributed by atoms with Crippen LogP contribution in [0, 0.1) is 5.92 Å². The lowest BCUT2D eigenvalue weighted by Crippen LogP contribution is -2.49. The van der Waals surface area contributed by atoms with Crippen LogP contribution in [-0.4, -0.2) is 35.0 Å². The number of fused-ring (bicyclic) bond motifs is 6. The van der Waals surface area contributed by atoms with Crippen molar-refractivity contribution in [3.05, 3.63) is 135 Å². The number of para-hydroxylation sites is 1. The molecule has 0 aliphatic carbocycles. The number of carbonyl (C=O) groups is 3. The number of anilines is 1. The second kappa shape index (κ2) is 11.0. The largest absolute Gasteiger partial charge is 0.494 e. The van der Waals surface area contributed by atoms with Crippen LogP contribution in [0.15, 0.2) is 97.2 Å². The number of carbonyl (C=O) groups excluding carboxylic acids is 3. The molecule has 8 heteroatoms. The van der Waals surface area contributed by atoms with Crippen LogP contribution >= 0.6 is 23.2 Å². The van der Waals surface area contributed by atoms with Crippen LogP contribution < -0.4 is 10.1 Å². The van der Waals surface area contributed by atoms with E-state index in [1.807, 2.05) is 72.6 Å². The molecule has 3 aliphatic rings. The van der Waals surface area contributed by atoms with Crippen molar-refractivity contribution >= 4 is 52.4 Å². The number of hydrogen-bond donors (Lipinski definition) is 1. The van der Waals surface area contributed by atoms with Crippen LogP contribution in [0.3, 0.4) is 0 Å². The highest BCUT2D eigenvalue weighted by molar-refractivity contribution is 6.37. The summed E-state index contributed by atoms with van der Waals surface area (Å²) in [7, 11) is 0. The molecule has 0 bridgehead atoms.